The van der Waals surface area contributed by atoms with Crippen LogP contribution in [0.1, 0.15) is 34.0 Å². The van der Waals surface area contributed by atoms with Gasteiger partial charge in [0, 0.05) is 5.56 Å². The third-order valence-corrected chi connectivity index (χ3v) is 2.74. The van der Waals surface area contributed by atoms with Crippen LogP contribution in [0.25, 0.3) is 0 Å². The first-order chi connectivity index (χ1) is 8.27. The molecule has 18 heavy (non-hydrogen) atoms. The average Bonchev–Trinajstić information content (AvgIpc) is 2.23. The summed E-state index contributed by atoms with van der Waals surface area (Å²) in [5.41, 5.74) is -0.328. The fourth-order valence-corrected chi connectivity index (χ4v) is 1.86. The van der Waals surface area contributed by atoms with Gasteiger partial charge in [0.1, 0.15) is 0 Å². The quantitative estimate of drug-likeness (QED) is 0.586. The van der Waals surface area contributed by atoms with Crippen molar-refractivity contribution in [1.29, 1.82) is 0 Å². The number of benzene rings is 1. The normalized spacial score (nSPS) is 12.1. The lowest BCUT2D eigenvalue weighted by molar-refractivity contribution is -0.138. The molecule has 1 aromatic rings. The third-order valence-electron chi connectivity index (χ3n) is 2.54. The van der Waals surface area contributed by atoms with Crippen molar-refractivity contribution in [1.82, 2.24) is 0 Å². The number of aryl methyl sites for hydroxylation is 1. The summed E-state index contributed by atoms with van der Waals surface area (Å²) < 4.78 is 38.6. The number of hydrogen-bond donors (Lipinski definition) is 0. The summed E-state index contributed by atoms with van der Waals surface area (Å²) in [5.74, 6) is 0. The Balaban J connectivity index is 3.42. The Morgan fingerprint density at radius 1 is 1.39 bits per heavy atom. The van der Waals surface area contributed by atoms with Gasteiger partial charge in [-0.15, -0.1) is 0 Å². The highest BCUT2D eigenvalue weighted by Gasteiger charge is 2.34. The van der Waals surface area contributed by atoms with Gasteiger partial charge in [0.2, 0.25) is 0 Å². The highest BCUT2D eigenvalue weighted by molar-refractivity contribution is 6.67. The molecule has 0 spiro atoms. The molecule has 0 fully saturated rings. The number of allylic oxidation sites excluding steroid dienone is 2. The molecule has 0 amide bonds. The van der Waals surface area contributed by atoms with Crippen LogP contribution >= 0.6 is 11.6 Å². The summed E-state index contributed by atoms with van der Waals surface area (Å²) >= 11 is 5.27. The van der Waals surface area contributed by atoms with E-state index >= 15 is 0 Å². The van der Waals surface area contributed by atoms with Crippen LogP contribution in [0.2, 0.25) is 0 Å². The molecule has 0 saturated carbocycles. The molecule has 0 heterocycles. The summed E-state index contributed by atoms with van der Waals surface area (Å²) in [4.78, 5) is 11.1. The molecule has 1 rings (SSSR count). The van der Waals surface area contributed by atoms with E-state index in [0.717, 1.165) is 6.07 Å². The minimum Gasteiger partial charge on any atom is -0.276 e. The van der Waals surface area contributed by atoms with Gasteiger partial charge < -0.3 is 0 Å². The van der Waals surface area contributed by atoms with Crippen LogP contribution in [0.5, 0.6) is 0 Å². The standard InChI is InChI=1S/C13H12ClF3O/c1-3-4-5-9-6-8(2)10(12(14)18)7-11(9)13(15,16)17/h3-4,6-7H,5H2,1-2H3/b4-3+. The fraction of sp³-hybridized carbons (Fsp3) is 0.308. The van der Waals surface area contributed by atoms with Crippen LogP contribution in [-0.4, -0.2) is 5.24 Å². The lowest BCUT2D eigenvalue weighted by Crippen LogP contribution is -2.11. The number of carbonyl (C=O) groups excluding carboxylic acids is 1. The van der Waals surface area contributed by atoms with E-state index in [4.69, 9.17) is 11.6 Å². The predicted octanol–water partition coefficient (Wildman–Crippen LogP) is 4.51. The Kier molecular flexibility index (Phi) is 4.57. The van der Waals surface area contributed by atoms with Gasteiger partial charge in [0.25, 0.3) is 5.24 Å². The lowest BCUT2D eigenvalue weighted by atomic mass is 9.97. The first kappa shape index (κ1) is 14.8. The largest absolute Gasteiger partial charge is 0.416 e. The second kappa shape index (κ2) is 5.57. The zero-order chi connectivity index (χ0) is 13.9. The smallest absolute Gasteiger partial charge is 0.276 e. The van der Waals surface area contributed by atoms with E-state index in [1.165, 1.54) is 6.07 Å². The molecule has 5 heteroatoms. The van der Waals surface area contributed by atoms with E-state index in [1.54, 1.807) is 26.0 Å². The summed E-state index contributed by atoms with van der Waals surface area (Å²) in [7, 11) is 0. The number of alkyl halides is 3. The minimum atomic E-state index is -4.49. The molecule has 0 aliphatic carbocycles. The van der Waals surface area contributed by atoms with Gasteiger partial charge in [-0.2, -0.15) is 13.2 Å². The van der Waals surface area contributed by atoms with E-state index in [9.17, 15) is 18.0 Å². The van der Waals surface area contributed by atoms with Gasteiger partial charge in [0.15, 0.2) is 0 Å². The molecule has 0 aliphatic rings. The van der Waals surface area contributed by atoms with Crippen LogP contribution < -0.4 is 0 Å². The monoisotopic (exact) mass is 276 g/mol. The van der Waals surface area contributed by atoms with Gasteiger partial charge in [-0.3, -0.25) is 4.79 Å². The maximum Gasteiger partial charge on any atom is 0.416 e. The lowest BCUT2D eigenvalue weighted by Gasteiger charge is -2.14. The topological polar surface area (TPSA) is 17.1 Å². The Morgan fingerprint density at radius 2 is 2.00 bits per heavy atom. The highest BCUT2D eigenvalue weighted by atomic mass is 35.5. The van der Waals surface area contributed by atoms with Gasteiger partial charge >= 0.3 is 6.18 Å². The second-order valence-electron chi connectivity index (χ2n) is 3.87. The van der Waals surface area contributed by atoms with Gasteiger partial charge in [-0.1, -0.05) is 18.2 Å². The summed E-state index contributed by atoms with van der Waals surface area (Å²) in [6.07, 6.45) is -1.02. The summed E-state index contributed by atoms with van der Waals surface area (Å²) in [5, 5.41) is -0.879. The van der Waals surface area contributed by atoms with Gasteiger partial charge in [-0.05, 0) is 49.1 Å². The molecular formula is C13H12ClF3O. The zero-order valence-electron chi connectivity index (χ0n) is 9.94. The summed E-state index contributed by atoms with van der Waals surface area (Å²) in [6, 6.07) is 2.18. The van der Waals surface area contributed by atoms with Crippen LogP contribution in [0.15, 0.2) is 24.3 Å². The fourth-order valence-electron chi connectivity index (χ4n) is 1.66. The first-order valence-corrected chi connectivity index (χ1v) is 5.67. The molecule has 0 N–H and O–H groups in total. The van der Waals surface area contributed by atoms with Crippen molar-refractivity contribution in [2.75, 3.05) is 0 Å². The van der Waals surface area contributed by atoms with Crippen molar-refractivity contribution in [3.63, 3.8) is 0 Å². The second-order valence-corrected chi connectivity index (χ2v) is 4.21. The Hall–Kier alpha value is -1.29. The van der Waals surface area contributed by atoms with Crippen LogP contribution in [0, 0.1) is 6.92 Å². The van der Waals surface area contributed by atoms with E-state index in [1.807, 2.05) is 0 Å². The molecule has 0 radical (unpaired) electrons. The molecule has 0 unspecified atom stereocenters. The Bertz CT molecular complexity index is 490. The molecule has 0 bridgehead atoms. The van der Waals surface area contributed by atoms with Gasteiger partial charge in [-0.25, -0.2) is 0 Å². The van der Waals surface area contributed by atoms with E-state index in [-0.39, 0.29) is 17.5 Å². The number of hydrogen-bond acceptors (Lipinski definition) is 1. The Labute approximate surface area is 108 Å². The molecule has 98 valence electrons. The molecule has 0 aromatic heterocycles. The van der Waals surface area contributed by atoms with Crippen molar-refractivity contribution < 1.29 is 18.0 Å². The van der Waals surface area contributed by atoms with Crippen LogP contribution in [-0.2, 0) is 12.6 Å². The zero-order valence-corrected chi connectivity index (χ0v) is 10.7. The Morgan fingerprint density at radius 3 is 2.44 bits per heavy atom. The molecule has 1 nitrogen and oxygen atoms in total. The SMILES string of the molecule is C/C=C/Cc1cc(C)c(C(=O)Cl)cc1C(F)(F)F. The number of halogens is 4. The highest BCUT2D eigenvalue weighted by Crippen LogP contribution is 2.34. The maximum atomic E-state index is 12.9. The third kappa shape index (κ3) is 3.35. The van der Waals surface area contributed by atoms with Gasteiger partial charge in [0.05, 0.1) is 5.56 Å². The average molecular weight is 277 g/mol. The molecule has 0 aliphatic heterocycles. The molecular weight excluding hydrogens is 265 g/mol. The minimum absolute atomic E-state index is 0.104. The summed E-state index contributed by atoms with van der Waals surface area (Å²) in [6.45, 7) is 3.30. The van der Waals surface area contributed by atoms with Crippen molar-refractivity contribution >= 4 is 16.8 Å². The van der Waals surface area contributed by atoms with E-state index < -0.39 is 17.0 Å². The van der Waals surface area contributed by atoms with Crippen LogP contribution in [0.4, 0.5) is 13.2 Å². The van der Waals surface area contributed by atoms with Crippen molar-refractivity contribution in [2.45, 2.75) is 26.4 Å². The van der Waals surface area contributed by atoms with Crippen molar-refractivity contribution in [2.24, 2.45) is 0 Å². The van der Waals surface area contributed by atoms with Crippen LogP contribution in [0.3, 0.4) is 0 Å². The number of carbonyl (C=O) groups is 1. The molecule has 1 aromatic carbocycles. The molecule has 0 atom stereocenters. The maximum absolute atomic E-state index is 12.9. The van der Waals surface area contributed by atoms with E-state index in [2.05, 4.69) is 0 Å². The van der Waals surface area contributed by atoms with Crippen molar-refractivity contribution in [3.8, 4) is 0 Å². The molecule has 0 saturated heterocycles. The van der Waals surface area contributed by atoms with Crippen molar-refractivity contribution in [3.05, 3.63) is 46.5 Å². The van der Waals surface area contributed by atoms with E-state index in [0.29, 0.717) is 5.56 Å². The first-order valence-electron chi connectivity index (χ1n) is 5.29. The predicted molar refractivity (Wildman–Crippen MR) is 64.9 cm³/mol. The number of rotatable bonds is 3.